The summed E-state index contributed by atoms with van der Waals surface area (Å²) in [5.41, 5.74) is 1.18. The van der Waals surface area contributed by atoms with Gasteiger partial charge in [0.25, 0.3) is 0 Å². The van der Waals surface area contributed by atoms with Crippen LogP contribution in [-0.2, 0) is 6.54 Å². The average molecular weight is 306 g/mol. The first-order valence-corrected chi connectivity index (χ1v) is 7.96. The van der Waals surface area contributed by atoms with Crippen LogP contribution in [0.2, 0.25) is 0 Å². The Morgan fingerprint density at radius 1 is 1.27 bits per heavy atom. The van der Waals surface area contributed by atoms with Gasteiger partial charge in [0.1, 0.15) is 12.4 Å². The lowest BCUT2D eigenvalue weighted by Gasteiger charge is -2.13. The lowest BCUT2D eigenvalue weighted by Crippen LogP contribution is -2.37. The summed E-state index contributed by atoms with van der Waals surface area (Å²) in [6.07, 6.45) is 2.33. The number of hydrogen-bond donors (Lipinski definition) is 2. The number of nitrogens with zero attached hydrogens (tertiary/aromatic N) is 2. The van der Waals surface area contributed by atoms with Crippen LogP contribution in [0.5, 0.6) is 5.75 Å². The van der Waals surface area contributed by atoms with Crippen molar-refractivity contribution in [1.29, 1.82) is 0 Å². The summed E-state index contributed by atoms with van der Waals surface area (Å²) in [5.74, 6) is 1.75. The van der Waals surface area contributed by atoms with Crippen LogP contribution >= 0.6 is 0 Å². The van der Waals surface area contributed by atoms with Crippen molar-refractivity contribution in [2.45, 2.75) is 26.3 Å². The standard InChI is InChI=1S/C17H30N4O/c1-5-6-10-19-17(18-2)20-14-15-8-7-9-16(13-15)22-12-11-21(3)4/h7-9,13H,5-6,10-12,14H2,1-4H3,(H2,18,19,20). The highest BCUT2D eigenvalue weighted by Gasteiger charge is 2.00. The van der Waals surface area contributed by atoms with Gasteiger partial charge in [-0.2, -0.15) is 0 Å². The van der Waals surface area contributed by atoms with Gasteiger partial charge in [-0.15, -0.1) is 0 Å². The molecule has 0 aliphatic rings. The number of nitrogens with one attached hydrogen (secondary N) is 2. The molecule has 0 saturated heterocycles. The third-order valence-electron chi connectivity index (χ3n) is 3.21. The quantitative estimate of drug-likeness (QED) is 0.417. The third-order valence-corrected chi connectivity index (χ3v) is 3.21. The van der Waals surface area contributed by atoms with Gasteiger partial charge in [-0.1, -0.05) is 25.5 Å². The molecule has 0 atom stereocenters. The Hall–Kier alpha value is -1.75. The van der Waals surface area contributed by atoms with E-state index in [1.165, 1.54) is 12.0 Å². The van der Waals surface area contributed by atoms with Crippen LogP contribution in [0.4, 0.5) is 0 Å². The molecule has 0 spiro atoms. The van der Waals surface area contributed by atoms with Crippen LogP contribution in [0.25, 0.3) is 0 Å². The van der Waals surface area contributed by atoms with Crippen molar-refractivity contribution < 1.29 is 4.74 Å². The molecule has 1 rings (SSSR count). The Kier molecular flexibility index (Phi) is 9.07. The number of ether oxygens (including phenoxy) is 1. The molecule has 0 fully saturated rings. The number of benzene rings is 1. The van der Waals surface area contributed by atoms with Crippen LogP contribution < -0.4 is 15.4 Å². The second-order valence-electron chi connectivity index (χ2n) is 5.51. The maximum atomic E-state index is 5.75. The minimum atomic E-state index is 0.699. The fourth-order valence-electron chi connectivity index (χ4n) is 1.88. The topological polar surface area (TPSA) is 48.9 Å². The maximum absolute atomic E-state index is 5.75. The molecule has 1 aromatic rings. The molecule has 0 aliphatic heterocycles. The summed E-state index contributed by atoms with van der Waals surface area (Å²) in [6, 6.07) is 8.18. The van der Waals surface area contributed by atoms with Gasteiger partial charge in [-0.05, 0) is 38.2 Å². The molecule has 22 heavy (non-hydrogen) atoms. The fourth-order valence-corrected chi connectivity index (χ4v) is 1.88. The first-order chi connectivity index (χ1) is 10.7. The summed E-state index contributed by atoms with van der Waals surface area (Å²) in [5, 5.41) is 6.63. The molecule has 5 nitrogen and oxygen atoms in total. The molecular formula is C17H30N4O. The molecular weight excluding hydrogens is 276 g/mol. The molecule has 0 heterocycles. The van der Waals surface area contributed by atoms with E-state index in [2.05, 4.69) is 39.6 Å². The second-order valence-corrected chi connectivity index (χ2v) is 5.51. The lowest BCUT2D eigenvalue weighted by atomic mass is 10.2. The van der Waals surface area contributed by atoms with E-state index in [9.17, 15) is 0 Å². The normalized spacial score (nSPS) is 11.6. The number of likely N-dealkylation sites (N-methyl/N-ethyl adjacent to an activating group) is 1. The number of hydrogen-bond acceptors (Lipinski definition) is 3. The largest absolute Gasteiger partial charge is 0.492 e. The van der Waals surface area contributed by atoms with Crippen molar-refractivity contribution >= 4 is 5.96 Å². The molecule has 2 N–H and O–H groups in total. The fraction of sp³-hybridized carbons (Fsp3) is 0.588. The summed E-state index contributed by atoms with van der Waals surface area (Å²) in [6.45, 7) is 5.47. The van der Waals surface area contributed by atoms with E-state index in [-0.39, 0.29) is 0 Å². The Morgan fingerprint density at radius 3 is 2.77 bits per heavy atom. The van der Waals surface area contributed by atoms with E-state index >= 15 is 0 Å². The van der Waals surface area contributed by atoms with E-state index in [0.29, 0.717) is 6.61 Å². The molecule has 0 radical (unpaired) electrons. The van der Waals surface area contributed by atoms with Crippen LogP contribution in [0.1, 0.15) is 25.3 Å². The highest BCUT2D eigenvalue weighted by molar-refractivity contribution is 5.79. The minimum Gasteiger partial charge on any atom is -0.492 e. The number of aliphatic imine (C=N–C) groups is 1. The van der Waals surface area contributed by atoms with Gasteiger partial charge in [0, 0.05) is 26.7 Å². The van der Waals surface area contributed by atoms with Crippen LogP contribution in [0, 0.1) is 0 Å². The number of guanidine groups is 1. The van der Waals surface area contributed by atoms with Gasteiger partial charge in [0.2, 0.25) is 0 Å². The zero-order valence-corrected chi connectivity index (χ0v) is 14.4. The van der Waals surface area contributed by atoms with E-state index in [0.717, 1.165) is 37.8 Å². The monoisotopic (exact) mass is 306 g/mol. The van der Waals surface area contributed by atoms with Gasteiger partial charge in [-0.3, -0.25) is 4.99 Å². The van der Waals surface area contributed by atoms with Crippen LogP contribution in [0.15, 0.2) is 29.3 Å². The Labute approximate surface area is 134 Å². The molecule has 0 amide bonds. The summed E-state index contributed by atoms with van der Waals surface area (Å²) < 4.78 is 5.75. The maximum Gasteiger partial charge on any atom is 0.191 e. The molecule has 0 aromatic heterocycles. The molecule has 0 unspecified atom stereocenters. The number of unbranched alkanes of at least 4 members (excludes halogenated alkanes) is 1. The first kappa shape index (κ1) is 18.3. The first-order valence-electron chi connectivity index (χ1n) is 7.96. The molecule has 0 saturated carbocycles. The smallest absolute Gasteiger partial charge is 0.191 e. The van der Waals surface area contributed by atoms with Crippen LogP contribution in [0.3, 0.4) is 0 Å². The predicted octanol–water partition coefficient (Wildman–Crippen LogP) is 2.09. The summed E-state index contributed by atoms with van der Waals surface area (Å²) in [7, 11) is 5.88. The lowest BCUT2D eigenvalue weighted by molar-refractivity contribution is 0.261. The zero-order chi connectivity index (χ0) is 16.2. The predicted molar refractivity (Wildman–Crippen MR) is 93.6 cm³/mol. The van der Waals surface area contributed by atoms with Crippen molar-refractivity contribution in [3.05, 3.63) is 29.8 Å². The zero-order valence-electron chi connectivity index (χ0n) is 14.4. The van der Waals surface area contributed by atoms with E-state index in [1.807, 2.05) is 26.2 Å². The second kappa shape index (κ2) is 10.9. The van der Waals surface area contributed by atoms with Crippen molar-refractivity contribution in [3.8, 4) is 5.75 Å². The SMILES string of the molecule is CCCCNC(=NC)NCc1cccc(OCCN(C)C)c1. The molecule has 1 aromatic carbocycles. The Balaban J connectivity index is 2.41. The van der Waals surface area contributed by atoms with E-state index in [1.54, 1.807) is 7.05 Å². The van der Waals surface area contributed by atoms with Gasteiger partial charge < -0.3 is 20.3 Å². The Bertz CT molecular complexity index is 446. The summed E-state index contributed by atoms with van der Waals surface area (Å²) >= 11 is 0. The summed E-state index contributed by atoms with van der Waals surface area (Å²) in [4.78, 5) is 6.33. The van der Waals surface area contributed by atoms with Crippen molar-refractivity contribution in [2.75, 3.05) is 40.8 Å². The van der Waals surface area contributed by atoms with Crippen molar-refractivity contribution in [2.24, 2.45) is 4.99 Å². The minimum absolute atomic E-state index is 0.699. The van der Waals surface area contributed by atoms with Gasteiger partial charge in [0.05, 0.1) is 0 Å². The average Bonchev–Trinajstić information content (AvgIpc) is 2.51. The number of rotatable bonds is 9. The highest BCUT2D eigenvalue weighted by atomic mass is 16.5. The molecule has 0 aliphatic carbocycles. The highest BCUT2D eigenvalue weighted by Crippen LogP contribution is 2.13. The molecule has 0 bridgehead atoms. The van der Waals surface area contributed by atoms with Gasteiger partial charge >= 0.3 is 0 Å². The van der Waals surface area contributed by atoms with Gasteiger partial charge in [0.15, 0.2) is 5.96 Å². The molecule has 5 heteroatoms. The third kappa shape index (κ3) is 7.88. The van der Waals surface area contributed by atoms with Crippen molar-refractivity contribution in [1.82, 2.24) is 15.5 Å². The van der Waals surface area contributed by atoms with Crippen molar-refractivity contribution in [3.63, 3.8) is 0 Å². The Morgan fingerprint density at radius 2 is 2.09 bits per heavy atom. The van der Waals surface area contributed by atoms with Gasteiger partial charge in [-0.25, -0.2) is 0 Å². The van der Waals surface area contributed by atoms with Crippen LogP contribution in [-0.4, -0.2) is 51.7 Å². The van der Waals surface area contributed by atoms with E-state index in [4.69, 9.17) is 4.74 Å². The van der Waals surface area contributed by atoms with E-state index < -0.39 is 0 Å². The molecule has 124 valence electrons.